The van der Waals surface area contributed by atoms with Crippen molar-refractivity contribution in [1.82, 2.24) is 5.32 Å². The standard InChI is InChI=1S/C13H16BrNO6/c1-19-9-5-7(4-8(14)11(9)21-3)12(16)15-6-10(20-2)13(17)18/h4-5,10H,6H2,1-3H3,(H,15,16)(H,17,18). The lowest BCUT2D eigenvalue weighted by atomic mass is 10.2. The van der Waals surface area contributed by atoms with Crippen molar-refractivity contribution < 1.29 is 28.9 Å². The van der Waals surface area contributed by atoms with E-state index < -0.39 is 18.0 Å². The second-order valence-corrected chi connectivity index (χ2v) is 4.82. The number of aliphatic carboxylic acids is 1. The molecule has 0 spiro atoms. The molecule has 0 saturated heterocycles. The minimum Gasteiger partial charge on any atom is -0.493 e. The highest BCUT2D eigenvalue weighted by Gasteiger charge is 2.19. The van der Waals surface area contributed by atoms with Gasteiger partial charge in [-0.3, -0.25) is 4.79 Å². The summed E-state index contributed by atoms with van der Waals surface area (Å²) in [6, 6.07) is 3.06. The molecule has 1 amide bonds. The Bertz CT molecular complexity index is 534. The van der Waals surface area contributed by atoms with Gasteiger partial charge in [-0.2, -0.15) is 0 Å². The molecule has 7 nitrogen and oxygen atoms in total. The van der Waals surface area contributed by atoms with E-state index in [2.05, 4.69) is 21.2 Å². The van der Waals surface area contributed by atoms with Gasteiger partial charge in [0.2, 0.25) is 0 Å². The van der Waals surface area contributed by atoms with E-state index in [9.17, 15) is 9.59 Å². The van der Waals surface area contributed by atoms with Crippen LogP contribution in [0, 0.1) is 0 Å². The van der Waals surface area contributed by atoms with Gasteiger partial charge in [0.05, 0.1) is 25.2 Å². The van der Waals surface area contributed by atoms with E-state index in [0.29, 0.717) is 21.5 Å². The number of halogens is 1. The number of ether oxygens (including phenoxy) is 3. The average molecular weight is 362 g/mol. The highest BCUT2D eigenvalue weighted by molar-refractivity contribution is 9.10. The zero-order valence-corrected chi connectivity index (χ0v) is 13.4. The van der Waals surface area contributed by atoms with Crippen molar-refractivity contribution >= 4 is 27.8 Å². The monoisotopic (exact) mass is 361 g/mol. The molecule has 1 rings (SSSR count). The second kappa shape index (κ2) is 7.84. The fourth-order valence-corrected chi connectivity index (χ4v) is 2.21. The fraction of sp³-hybridized carbons (Fsp3) is 0.385. The van der Waals surface area contributed by atoms with Crippen LogP contribution >= 0.6 is 15.9 Å². The van der Waals surface area contributed by atoms with Crippen molar-refractivity contribution in [2.24, 2.45) is 0 Å². The molecule has 0 radical (unpaired) electrons. The maximum atomic E-state index is 12.0. The summed E-state index contributed by atoms with van der Waals surface area (Å²) in [4.78, 5) is 22.8. The molecule has 21 heavy (non-hydrogen) atoms. The van der Waals surface area contributed by atoms with Gasteiger partial charge >= 0.3 is 5.97 Å². The van der Waals surface area contributed by atoms with Crippen molar-refractivity contribution in [2.45, 2.75) is 6.10 Å². The first kappa shape index (κ1) is 17.3. The van der Waals surface area contributed by atoms with E-state index in [4.69, 9.17) is 19.3 Å². The lowest BCUT2D eigenvalue weighted by Gasteiger charge is -2.14. The molecule has 1 aromatic rings. The summed E-state index contributed by atoms with van der Waals surface area (Å²) in [5, 5.41) is 11.3. The number of carboxylic acids is 1. The minimum absolute atomic E-state index is 0.142. The van der Waals surface area contributed by atoms with Crippen LogP contribution in [0.5, 0.6) is 11.5 Å². The molecule has 0 aliphatic rings. The Hall–Kier alpha value is -1.80. The predicted octanol–water partition coefficient (Wildman–Crippen LogP) is 1.30. The van der Waals surface area contributed by atoms with Crippen LogP contribution < -0.4 is 14.8 Å². The van der Waals surface area contributed by atoms with Gasteiger partial charge < -0.3 is 24.6 Å². The smallest absolute Gasteiger partial charge is 0.334 e. The van der Waals surface area contributed by atoms with Crippen LogP contribution in [0.1, 0.15) is 10.4 Å². The molecule has 0 heterocycles. The van der Waals surface area contributed by atoms with Gasteiger partial charge in [0.15, 0.2) is 17.6 Å². The number of carbonyl (C=O) groups excluding carboxylic acids is 1. The number of methoxy groups -OCH3 is 3. The van der Waals surface area contributed by atoms with Crippen molar-refractivity contribution in [3.8, 4) is 11.5 Å². The zero-order valence-electron chi connectivity index (χ0n) is 11.8. The second-order valence-electron chi connectivity index (χ2n) is 3.97. The Kier molecular flexibility index (Phi) is 6.44. The molecule has 0 bridgehead atoms. The summed E-state index contributed by atoms with van der Waals surface area (Å²) in [6.45, 7) is -0.142. The van der Waals surface area contributed by atoms with Crippen LogP contribution in [-0.4, -0.2) is 51.0 Å². The van der Waals surface area contributed by atoms with Gasteiger partial charge in [-0.15, -0.1) is 0 Å². The molecule has 0 aromatic heterocycles. The van der Waals surface area contributed by atoms with Crippen molar-refractivity contribution in [3.63, 3.8) is 0 Å². The first-order chi connectivity index (χ1) is 9.94. The first-order valence-corrected chi connectivity index (χ1v) is 6.69. The van der Waals surface area contributed by atoms with Gasteiger partial charge in [-0.1, -0.05) is 0 Å². The maximum absolute atomic E-state index is 12.0. The summed E-state index contributed by atoms with van der Waals surface area (Å²) < 4.78 is 15.6. The van der Waals surface area contributed by atoms with Gasteiger partial charge in [-0.05, 0) is 28.1 Å². The normalized spacial score (nSPS) is 11.6. The van der Waals surface area contributed by atoms with Crippen molar-refractivity contribution in [2.75, 3.05) is 27.9 Å². The summed E-state index contributed by atoms with van der Waals surface area (Å²) in [5.41, 5.74) is 0.305. The Morgan fingerprint density at radius 3 is 2.43 bits per heavy atom. The van der Waals surface area contributed by atoms with E-state index in [1.165, 1.54) is 27.4 Å². The number of carboxylic acid groups (broad SMARTS) is 1. The molecule has 2 N–H and O–H groups in total. The molecule has 0 aliphatic carbocycles. The maximum Gasteiger partial charge on any atom is 0.334 e. The third kappa shape index (κ3) is 4.33. The Morgan fingerprint density at radius 1 is 1.29 bits per heavy atom. The molecule has 0 saturated carbocycles. The quantitative estimate of drug-likeness (QED) is 0.759. The molecule has 116 valence electrons. The van der Waals surface area contributed by atoms with Crippen LogP contribution in [0.2, 0.25) is 0 Å². The molecular weight excluding hydrogens is 346 g/mol. The third-order valence-electron chi connectivity index (χ3n) is 2.70. The number of rotatable bonds is 7. The number of nitrogens with one attached hydrogen (secondary N) is 1. The molecule has 1 atom stereocenters. The fourth-order valence-electron chi connectivity index (χ4n) is 1.61. The number of hydrogen-bond donors (Lipinski definition) is 2. The van der Waals surface area contributed by atoms with Gasteiger partial charge in [0.25, 0.3) is 5.91 Å². The van der Waals surface area contributed by atoms with E-state index >= 15 is 0 Å². The third-order valence-corrected chi connectivity index (χ3v) is 3.29. The number of hydrogen-bond acceptors (Lipinski definition) is 5. The van der Waals surface area contributed by atoms with Crippen LogP contribution in [0.4, 0.5) is 0 Å². The topological polar surface area (TPSA) is 94.1 Å². The van der Waals surface area contributed by atoms with E-state index in [0.717, 1.165) is 0 Å². The Balaban J connectivity index is 2.88. The molecular formula is C13H16BrNO6. The van der Waals surface area contributed by atoms with Gasteiger partial charge in [0, 0.05) is 12.7 Å². The molecule has 0 fully saturated rings. The molecule has 8 heteroatoms. The van der Waals surface area contributed by atoms with E-state index in [1.807, 2.05) is 0 Å². The highest BCUT2D eigenvalue weighted by Crippen LogP contribution is 2.36. The average Bonchev–Trinajstić information content (AvgIpc) is 2.46. The zero-order chi connectivity index (χ0) is 16.0. The van der Waals surface area contributed by atoms with Crippen LogP contribution in [0.25, 0.3) is 0 Å². The Labute approximate surface area is 130 Å². The van der Waals surface area contributed by atoms with Gasteiger partial charge in [-0.25, -0.2) is 4.79 Å². The predicted molar refractivity (Wildman–Crippen MR) is 78.0 cm³/mol. The summed E-state index contributed by atoms with van der Waals surface area (Å²) in [6.07, 6.45) is -1.10. The lowest BCUT2D eigenvalue weighted by Crippen LogP contribution is -2.37. The van der Waals surface area contributed by atoms with Crippen molar-refractivity contribution in [3.05, 3.63) is 22.2 Å². The minimum atomic E-state index is -1.15. The number of amides is 1. The largest absolute Gasteiger partial charge is 0.493 e. The number of benzene rings is 1. The molecule has 0 aliphatic heterocycles. The van der Waals surface area contributed by atoms with E-state index in [-0.39, 0.29) is 6.54 Å². The first-order valence-electron chi connectivity index (χ1n) is 5.89. The van der Waals surface area contributed by atoms with E-state index in [1.54, 1.807) is 6.07 Å². The highest BCUT2D eigenvalue weighted by atomic mass is 79.9. The Morgan fingerprint density at radius 2 is 1.95 bits per heavy atom. The summed E-state index contributed by atoms with van der Waals surface area (Å²) >= 11 is 3.28. The number of carbonyl (C=O) groups is 2. The lowest BCUT2D eigenvalue weighted by molar-refractivity contribution is -0.148. The van der Waals surface area contributed by atoms with Gasteiger partial charge in [0.1, 0.15) is 0 Å². The van der Waals surface area contributed by atoms with Crippen molar-refractivity contribution in [1.29, 1.82) is 0 Å². The molecule has 1 aromatic carbocycles. The summed E-state index contributed by atoms with van der Waals surface area (Å²) in [7, 11) is 4.20. The summed E-state index contributed by atoms with van der Waals surface area (Å²) in [5.74, 6) is -0.737. The van der Waals surface area contributed by atoms with Crippen LogP contribution in [0.3, 0.4) is 0 Å². The SMILES string of the molecule is COc1cc(C(=O)NCC(OC)C(=O)O)cc(Br)c1OC. The van der Waals surface area contributed by atoms with Crippen LogP contribution in [-0.2, 0) is 9.53 Å². The van der Waals surface area contributed by atoms with Crippen LogP contribution in [0.15, 0.2) is 16.6 Å². The molecule has 1 unspecified atom stereocenters.